The highest BCUT2D eigenvalue weighted by atomic mass is 16.5. The van der Waals surface area contributed by atoms with Crippen molar-refractivity contribution >= 4 is 0 Å². The van der Waals surface area contributed by atoms with Crippen LogP contribution >= 0.6 is 0 Å². The molecule has 1 N–H and O–H groups in total. The van der Waals surface area contributed by atoms with E-state index in [2.05, 4.69) is 40.7 Å². The Morgan fingerprint density at radius 1 is 1.50 bits per heavy atom. The summed E-state index contributed by atoms with van der Waals surface area (Å²) in [4.78, 5) is 6.63. The van der Waals surface area contributed by atoms with E-state index in [1.807, 2.05) is 19.4 Å². The number of likely N-dealkylation sites (N-methyl/N-ethyl adjacent to an activating group) is 1. The third kappa shape index (κ3) is 4.76. The van der Waals surface area contributed by atoms with Crippen molar-refractivity contribution in [3.8, 4) is 0 Å². The topological polar surface area (TPSA) is 42.3 Å². The maximum atomic E-state index is 5.30. The normalized spacial score (nSPS) is 13.5. The van der Waals surface area contributed by atoms with Gasteiger partial charge in [0, 0.05) is 45.2 Å². The first-order valence-corrected chi connectivity index (χ1v) is 6.43. The van der Waals surface area contributed by atoms with E-state index in [1.54, 1.807) is 7.11 Å². The Hall–Kier alpha value is -0.910. The van der Waals surface area contributed by atoms with E-state index >= 15 is 0 Å². The van der Waals surface area contributed by atoms with E-state index in [1.165, 1.54) is 0 Å². The van der Waals surface area contributed by atoms with Crippen molar-refractivity contribution < 1.29 is 4.74 Å². The van der Waals surface area contributed by atoms with Crippen molar-refractivity contribution in [3.63, 3.8) is 0 Å². The highest BCUT2D eigenvalue weighted by Crippen LogP contribution is 2.04. The average molecular weight is 254 g/mol. The summed E-state index contributed by atoms with van der Waals surface area (Å²) in [5, 5.41) is 3.46. The molecule has 5 heteroatoms. The van der Waals surface area contributed by atoms with Crippen LogP contribution in [0.25, 0.3) is 0 Å². The Kier molecular flexibility index (Phi) is 6.32. The van der Waals surface area contributed by atoms with Crippen LogP contribution in [0.3, 0.4) is 0 Å². The molecule has 0 aliphatic heterocycles. The number of ether oxygens (including phenoxy) is 1. The van der Waals surface area contributed by atoms with Gasteiger partial charge in [0.05, 0.1) is 13.2 Å². The van der Waals surface area contributed by atoms with Crippen LogP contribution in [-0.4, -0.2) is 53.8 Å². The molecule has 1 unspecified atom stereocenters. The lowest BCUT2D eigenvalue weighted by Gasteiger charge is -2.28. The van der Waals surface area contributed by atoms with Gasteiger partial charge in [0.25, 0.3) is 0 Å². The predicted molar refractivity (Wildman–Crippen MR) is 73.5 cm³/mol. The van der Waals surface area contributed by atoms with E-state index in [4.69, 9.17) is 4.74 Å². The molecule has 104 valence electrons. The number of nitrogens with zero attached hydrogens (tertiary/aromatic N) is 3. The molecule has 0 aromatic carbocycles. The van der Waals surface area contributed by atoms with Crippen LogP contribution in [0.15, 0.2) is 12.4 Å². The summed E-state index contributed by atoms with van der Waals surface area (Å²) < 4.78 is 7.35. The molecule has 0 aliphatic carbocycles. The molecule has 1 heterocycles. The molecule has 1 atom stereocenters. The number of hydrogen-bond donors (Lipinski definition) is 1. The van der Waals surface area contributed by atoms with Crippen LogP contribution < -0.4 is 5.32 Å². The molecule has 0 aliphatic rings. The number of aromatic nitrogens is 2. The molecule has 18 heavy (non-hydrogen) atoms. The van der Waals surface area contributed by atoms with Crippen LogP contribution in [0, 0.1) is 0 Å². The van der Waals surface area contributed by atoms with Crippen LogP contribution in [0.5, 0.6) is 0 Å². The Morgan fingerprint density at radius 3 is 2.72 bits per heavy atom. The molecule has 0 bridgehead atoms. The zero-order chi connectivity index (χ0) is 13.5. The highest BCUT2D eigenvalue weighted by molar-refractivity contribution is 4.91. The summed E-state index contributed by atoms with van der Waals surface area (Å²) in [5.41, 5.74) is 0. The minimum absolute atomic E-state index is 0.356. The summed E-state index contributed by atoms with van der Waals surface area (Å²) in [6.45, 7) is 6.79. The largest absolute Gasteiger partial charge is 0.383 e. The summed E-state index contributed by atoms with van der Waals surface area (Å²) in [6, 6.07) is 0.847. The second kappa shape index (κ2) is 7.51. The zero-order valence-electron chi connectivity index (χ0n) is 12.2. The number of nitrogens with one attached hydrogen (secondary N) is 1. The van der Waals surface area contributed by atoms with E-state index in [9.17, 15) is 0 Å². The first-order valence-electron chi connectivity index (χ1n) is 6.43. The SMILES string of the molecule is COCC(CNC(C)C)N(C)Cc1nccn1C. The van der Waals surface area contributed by atoms with Crippen molar-refractivity contribution in [2.45, 2.75) is 32.5 Å². The monoisotopic (exact) mass is 254 g/mol. The third-order valence-corrected chi connectivity index (χ3v) is 3.06. The number of imidazole rings is 1. The Morgan fingerprint density at radius 2 is 2.22 bits per heavy atom. The minimum Gasteiger partial charge on any atom is -0.383 e. The number of aryl methyl sites for hydroxylation is 1. The lowest BCUT2D eigenvalue weighted by molar-refractivity contribution is 0.0982. The Labute approximate surface area is 110 Å². The van der Waals surface area contributed by atoms with Crippen molar-refractivity contribution in [1.29, 1.82) is 0 Å². The van der Waals surface area contributed by atoms with Gasteiger partial charge in [0.1, 0.15) is 5.82 Å². The van der Waals surface area contributed by atoms with Gasteiger partial charge in [0.2, 0.25) is 0 Å². The van der Waals surface area contributed by atoms with Crippen molar-refractivity contribution in [2.75, 3.05) is 27.3 Å². The standard InChI is InChI=1S/C13H26N4O/c1-11(2)15-8-12(10-18-5)17(4)9-13-14-6-7-16(13)3/h6-7,11-12,15H,8-10H2,1-5H3. The molecular formula is C13H26N4O. The molecule has 0 amide bonds. The van der Waals surface area contributed by atoms with Crippen molar-refractivity contribution in [2.24, 2.45) is 7.05 Å². The summed E-state index contributed by atoms with van der Waals surface area (Å²) in [7, 11) is 5.88. The molecule has 5 nitrogen and oxygen atoms in total. The molecule has 0 saturated heterocycles. The van der Waals surface area contributed by atoms with Crippen LogP contribution in [-0.2, 0) is 18.3 Å². The fourth-order valence-electron chi connectivity index (χ4n) is 1.81. The lowest BCUT2D eigenvalue weighted by Crippen LogP contribution is -2.44. The second-order valence-electron chi connectivity index (χ2n) is 5.04. The van der Waals surface area contributed by atoms with Gasteiger partial charge in [-0.15, -0.1) is 0 Å². The van der Waals surface area contributed by atoms with Gasteiger partial charge in [-0.3, -0.25) is 4.90 Å². The molecule has 1 aromatic rings. The van der Waals surface area contributed by atoms with Crippen LogP contribution in [0.2, 0.25) is 0 Å². The third-order valence-electron chi connectivity index (χ3n) is 3.06. The minimum atomic E-state index is 0.356. The smallest absolute Gasteiger partial charge is 0.122 e. The molecule has 0 spiro atoms. The van der Waals surface area contributed by atoms with Gasteiger partial charge in [-0.05, 0) is 7.05 Å². The average Bonchev–Trinajstić information content (AvgIpc) is 2.70. The Balaban J connectivity index is 2.53. The molecule has 0 radical (unpaired) electrons. The second-order valence-corrected chi connectivity index (χ2v) is 5.04. The molecule has 1 aromatic heterocycles. The number of hydrogen-bond acceptors (Lipinski definition) is 4. The fraction of sp³-hybridized carbons (Fsp3) is 0.769. The van der Waals surface area contributed by atoms with E-state index in [-0.39, 0.29) is 0 Å². The molecule has 0 saturated carbocycles. The van der Waals surface area contributed by atoms with Crippen molar-refractivity contribution in [3.05, 3.63) is 18.2 Å². The summed E-state index contributed by atoms with van der Waals surface area (Å²) in [5.74, 6) is 1.07. The summed E-state index contributed by atoms with van der Waals surface area (Å²) in [6.07, 6.45) is 3.81. The van der Waals surface area contributed by atoms with Crippen molar-refractivity contribution in [1.82, 2.24) is 19.8 Å². The first kappa shape index (κ1) is 15.1. The van der Waals surface area contributed by atoms with Crippen LogP contribution in [0.4, 0.5) is 0 Å². The maximum absolute atomic E-state index is 5.30. The van der Waals surface area contributed by atoms with E-state index in [0.29, 0.717) is 12.1 Å². The van der Waals surface area contributed by atoms with E-state index < -0.39 is 0 Å². The van der Waals surface area contributed by atoms with E-state index in [0.717, 1.165) is 25.5 Å². The Bertz CT molecular complexity index is 337. The molecule has 0 fully saturated rings. The quantitative estimate of drug-likeness (QED) is 0.747. The fourth-order valence-corrected chi connectivity index (χ4v) is 1.81. The maximum Gasteiger partial charge on any atom is 0.122 e. The number of methoxy groups -OCH3 is 1. The van der Waals surface area contributed by atoms with Gasteiger partial charge >= 0.3 is 0 Å². The van der Waals surface area contributed by atoms with Crippen LogP contribution in [0.1, 0.15) is 19.7 Å². The predicted octanol–water partition coefficient (Wildman–Crippen LogP) is 0.865. The van der Waals surface area contributed by atoms with Gasteiger partial charge < -0.3 is 14.6 Å². The summed E-state index contributed by atoms with van der Waals surface area (Å²) >= 11 is 0. The molecular weight excluding hydrogens is 228 g/mol. The van der Waals surface area contributed by atoms with Gasteiger partial charge in [-0.2, -0.15) is 0 Å². The zero-order valence-corrected chi connectivity index (χ0v) is 12.2. The lowest BCUT2D eigenvalue weighted by atomic mass is 10.2. The number of rotatable bonds is 8. The van der Waals surface area contributed by atoms with Gasteiger partial charge in [0.15, 0.2) is 0 Å². The highest BCUT2D eigenvalue weighted by Gasteiger charge is 2.16. The van der Waals surface area contributed by atoms with Gasteiger partial charge in [-0.1, -0.05) is 13.8 Å². The first-order chi connectivity index (χ1) is 8.54. The molecule has 1 rings (SSSR count). The van der Waals surface area contributed by atoms with Gasteiger partial charge in [-0.25, -0.2) is 4.98 Å².